The predicted molar refractivity (Wildman–Crippen MR) is 88.6 cm³/mol. The average molecular weight is 337 g/mol. The summed E-state index contributed by atoms with van der Waals surface area (Å²) in [5.41, 5.74) is 1.80. The second-order valence-corrected chi connectivity index (χ2v) is 5.41. The van der Waals surface area contributed by atoms with E-state index in [1.165, 1.54) is 12.3 Å². The molecule has 0 saturated carbocycles. The molecule has 0 aliphatic carbocycles. The van der Waals surface area contributed by atoms with E-state index in [2.05, 4.69) is 15.3 Å². The van der Waals surface area contributed by atoms with Gasteiger partial charge in [-0.25, -0.2) is 14.4 Å². The van der Waals surface area contributed by atoms with Gasteiger partial charge in [0, 0.05) is 11.3 Å². The smallest absolute Gasteiger partial charge is 0.311 e. The first-order valence-corrected chi connectivity index (χ1v) is 7.49. The Bertz CT molecular complexity index is 1070. The molecular formula is C18H12FN3O3. The molecule has 2 heterocycles. The molecular weight excluding hydrogens is 325 g/mol. The molecule has 1 N–H and O–H groups in total. The number of rotatable bonds is 3. The summed E-state index contributed by atoms with van der Waals surface area (Å²) in [5, 5.41) is 2.68. The summed E-state index contributed by atoms with van der Waals surface area (Å²) in [6.45, 7) is 1.71. The number of fused-ring (bicyclic) bond motifs is 1. The van der Waals surface area contributed by atoms with Crippen LogP contribution in [0.3, 0.4) is 0 Å². The Labute approximate surface area is 141 Å². The van der Waals surface area contributed by atoms with Gasteiger partial charge in [-0.2, -0.15) is 0 Å². The van der Waals surface area contributed by atoms with E-state index in [-0.39, 0.29) is 11.4 Å². The third-order valence-electron chi connectivity index (χ3n) is 3.57. The summed E-state index contributed by atoms with van der Waals surface area (Å²) in [6.07, 6.45) is 1.48. The molecule has 0 saturated heterocycles. The van der Waals surface area contributed by atoms with Gasteiger partial charge >= 0.3 is 5.91 Å². The van der Waals surface area contributed by atoms with Crippen LogP contribution in [0.5, 0.6) is 0 Å². The van der Waals surface area contributed by atoms with Crippen LogP contribution in [0, 0.1) is 12.7 Å². The van der Waals surface area contributed by atoms with Gasteiger partial charge in [-0.1, -0.05) is 6.07 Å². The Morgan fingerprint density at radius 1 is 1.12 bits per heavy atom. The minimum atomic E-state index is -0.440. The molecule has 2 aromatic heterocycles. The van der Waals surface area contributed by atoms with E-state index < -0.39 is 11.7 Å². The van der Waals surface area contributed by atoms with Crippen LogP contribution in [0.15, 0.2) is 57.5 Å². The highest BCUT2D eigenvalue weighted by atomic mass is 19.1. The first-order chi connectivity index (χ1) is 12.1. The average Bonchev–Trinajstić information content (AvgIpc) is 3.23. The Balaban J connectivity index is 1.57. The van der Waals surface area contributed by atoms with E-state index in [4.69, 9.17) is 8.83 Å². The van der Waals surface area contributed by atoms with E-state index in [9.17, 15) is 9.18 Å². The lowest BCUT2D eigenvalue weighted by molar-refractivity contribution is 0.0989. The predicted octanol–water partition coefficient (Wildman–Crippen LogP) is 4.18. The number of carbonyl (C=O) groups excluding carboxylic acids is 1. The summed E-state index contributed by atoms with van der Waals surface area (Å²) < 4.78 is 24.4. The molecule has 2 aromatic carbocycles. The van der Waals surface area contributed by atoms with Crippen LogP contribution in [0.25, 0.3) is 22.6 Å². The van der Waals surface area contributed by atoms with Crippen LogP contribution < -0.4 is 5.32 Å². The molecule has 0 spiro atoms. The fourth-order valence-electron chi connectivity index (χ4n) is 2.38. The summed E-state index contributed by atoms with van der Waals surface area (Å²) in [6, 6.07) is 11.4. The van der Waals surface area contributed by atoms with E-state index in [1.807, 2.05) is 0 Å². The number of para-hydroxylation sites is 1. The lowest BCUT2D eigenvalue weighted by Gasteiger charge is -2.03. The van der Waals surface area contributed by atoms with Gasteiger partial charge in [0.05, 0.1) is 6.20 Å². The first-order valence-electron chi connectivity index (χ1n) is 7.49. The highest BCUT2D eigenvalue weighted by Crippen LogP contribution is 2.26. The number of carbonyl (C=O) groups is 1. The lowest BCUT2D eigenvalue weighted by Crippen LogP contribution is -2.11. The number of nitrogens with zero attached hydrogens (tertiary/aromatic N) is 2. The number of benzene rings is 2. The summed E-state index contributed by atoms with van der Waals surface area (Å²) in [4.78, 5) is 20.0. The van der Waals surface area contributed by atoms with Gasteiger partial charge in [-0.05, 0) is 43.3 Å². The van der Waals surface area contributed by atoms with Crippen molar-refractivity contribution < 1.29 is 18.0 Å². The molecule has 0 aliphatic rings. The van der Waals surface area contributed by atoms with Crippen molar-refractivity contribution in [3.63, 3.8) is 0 Å². The third kappa shape index (κ3) is 2.87. The van der Waals surface area contributed by atoms with E-state index in [1.54, 1.807) is 43.3 Å². The molecule has 4 aromatic rings. The first kappa shape index (κ1) is 15.1. The largest absolute Gasteiger partial charge is 0.438 e. The van der Waals surface area contributed by atoms with Crippen molar-refractivity contribution in [2.45, 2.75) is 6.92 Å². The Kier molecular flexibility index (Phi) is 3.53. The second kappa shape index (κ2) is 5.86. The van der Waals surface area contributed by atoms with Gasteiger partial charge in [0.15, 0.2) is 11.4 Å². The molecule has 1 amide bonds. The highest BCUT2D eigenvalue weighted by Gasteiger charge is 2.14. The van der Waals surface area contributed by atoms with Crippen molar-refractivity contribution in [3.8, 4) is 11.5 Å². The highest BCUT2D eigenvalue weighted by molar-refractivity contribution is 6.01. The Morgan fingerprint density at radius 2 is 1.92 bits per heavy atom. The van der Waals surface area contributed by atoms with Crippen LogP contribution in [0.4, 0.5) is 10.1 Å². The molecule has 0 aliphatic heterocycles. The zero-order valence-corrected chi connectivity index (χ0v) is 13.1. The van der Waals surface area contributed by atoms with Gasteiger partial charge in [0.2, 0.25) is 5.89 Å². The quantitative estimate of drug-likeness (QED) is 0.606. The van der Waals surface area contributed by atoms with Crippen LogP contribution in [0.2, 0.25) is 0 Å². The zero-order valence-electron chi connectivity index (χ0n) is 13.1. The Hall–Kier alpha value is -3.48. The molecule has 124 valence electrons. The molecule has 0 atom stereocenters. The number of oxazole rings is 2. The molecule has 25 heavy (non-hydrogen) atoms. The van der Waals surface area contributed by atoms with E-state index in [0.717, 1.165) is 0 Å². The van der Waals surface area contributed by atoms with Gasteiger partial charge in [-0.3, -0.25) is 4.79 Å². The number of nitrogens with one attached hydrogen (secondary N) is 1. The molecule has 0 bridgehead atoms. The summed E-state index contributed by atoms with van der Waals surface area (Å²) in [5.74, 6) is -0.0107. The number of hydrogen-bond donors (Lipinski definition) is 1. The molecule has 7 heteroatoms. The minimum absolute atomic E-state index is 0.00370. The van der Waals surface area contributed by atoms with Crippen molar-refractivity contribution in [1.29, 1.82) is 0 Å². The van der Waals surface area contributed by atoms with Gasteiger partial charge in [0.25, 0.3) is 5.89 Å². The zero-order chi connectivity index (χ0) is 17.4. The second-order valence-electron chi connectivity index (χ2n) is 5.41. The molecule has 0 radical (unpaired) electrons. The normalized spacial score (nSPS) is 11.0. The standard InChI is InChI=1S/C18H12FN3O3/c1-10-9-20-18(24-10)16(23)21-12-7-5-11(6-8-12)17-22-15-13(19)3-2-4-14(15)25-17/h2-9H,1H3,(H,21,23). The molecule has 4 rings (SSSR count). The monoisotopic (exact) mass is 337 g/mol. The number of hydrogen-bond acceptors (Lipinski definition) is 5. The summed E-state index contributed by atoms with van der Waals surface area (Å²) in [7, 11) is 0. The minimum Gasteiger partial charge on any atom is -0.438 e. The Morgan fingerprint density at radius 3 is 2.60 bits per heavy atom. The van der Waals surface area contributed by atoms with Crippen molar-refractivity contribution >= 4 is 22.7 Å². The van der Waals surface area contributed by atoms with Gasteiger partial charge in [-0.15, -0.1) is 0 Å². The van der Waals surface area contributed by atoms with E-state index >= 15 is 0 Å². The van der Waals surface area contributed by atoms with Crippen LogP contribution in [-0.4, -0.2) is 15.9 Å². The maximum absolute atomic E-state index is 13.7. The lowest BCUT2D eigenvalue weighted by atomic mass is 10.2. The number of halogens is 1. The molecule has 0 unspecified atom stereocenters. The molecule has 6 nitrogen and oxygen atoms in total. The van der Waals surface area contributed by atoms with E-state index in [0.29, 0.717) is 28.5 Å². The van der Waals surface area contributed by atoms with Crippen LogP contribution in [0.1, 0.15) is 16.4 Å². The van der Waals surface area contributed by atoms with Crippen molar-refractivity contribution in [2.75, 3.05) is 5.32 Å². The maximum atomic E-state index is 13.7. The van der Waals surface area contributed by atoms with Gasteiger partial charge < -0.3 is 14.2 Å². The third-order valence-corrected chi connectivity index (χ3v) is 3.57. The fraction of sp³-hybridized carbons (Fsp3) is 0.0556. The topological polar surface area (TPSA) is 81.2 Å². The SMILES string of the molecule is Cc1cnc(C(=O)Nc2ccc(-c3nc4c(F)cccc4o3)cc2)o1. The maximum Gasteiger partial charge on any atom is 0.311 e. The fourth-order valence-corrected chi connectivity index (χ4v) is 2.38. The van der Waals surface area contributed by atoms with Gasteiger partial charge in [0.1, 0.15) is 11.3 Å². The number of anilines is 1. The number of aromatic nitrogens is 2. The number of aryl methyl sites for hydroxylation is 1. The summed E-state index contributed by atoms with van der Waals surface area (Å²) >= 11 is 0. The van der Waals surface area contributed by atoms with Crippen molar-refractivity contribution in [1.82, 2.24) is 9.97 Å². The van der Waals surface area contributed by atoms with Crippen LogP contribution >= 0.6 is 0 Å². The van der Waals surface area contributed by atoms with Crippen molar-refractivity contribution in [3.05, 3.63) is 66.1 Å². The number of amides is 1. The van der Waals surface area contributed by atoms with Crippen LogP contribution in [-0.2, 0) is 0 Å². The van der Waals surface area contributed by atoms with Crippen molar-refractivity contribution in [2.24, 2.45) is 0 Å². The molecule has 0 fully saturated rings.